The van der Waals surface area contributed by atoms with E-state index in [-0.39, 0.29) is 11.4 Å². The predicted octanol–water partition coefficient (Wildman–Crippen LogP) is 2.01. The number of carbonyl (C=O) groups is 1. The lowest BCUT2D eigenvalue weighted by atomic mass is 9.81. The normalized spacial score (nSPS) is 22.0. The Morgan fingerprint density at radius 3 is 2.42 bits per heavy atom. The highest BCUT2D eigenvalue weighted by Crippen LogP contribution is 2.30. The number of allylic oxidation sites excluding steroid dienone is 1. The molecule has 1 aliphatic carbocycles. The predicted molar refractivity (Wildman–Crippen MR) is 49.8 cm³/mol. The third kappa shape index (κ3) is 2.36. The van der Waals surface area contributed by atoms with E-state index in [2.05, 4.69) is 18.8 Å². The highest BCUT2D eigenvalue weighted by Gasteiger charge is 2.28. The zero-order chi connectivity index (χ0) is 9.19. The van der Waals surface area contributed by atoms with Crippen LogP contribution in [0.3, 0.4) is 0 Å². The summed E-state index contributed by atoms with van der Waals surface area (Å²) in [7, 11) is 0. The number of carbonyl (C=O) groups excluding carboxylic acids is 1. The fourth-order valence-corrected chi connectivity index (χ4v) is 1.71. The molecule has 1 amide bonds. The quantitative estimate of drug-likeness (QED) is 0.595. The Morgan fingerprint density at radius 2 is 2.00 bits per heavy atom. The molecule has 0 saturated heterocycles. The van der Waals surface area contributed by atoms with E-state index < -0.39 is 0 Å². The number of nitrogens with one attached hydrogen (secondary N) is 1. The van der Waals surface area contributed by atoms with Gasteiger partial charge in [-0.05, 0) is 32.6 Å². The van der Waals surface area contributed by atoms with Crippen molar-refractivity contribution in [3.05, 3.63) is 12.2 Å². The van der Waals surface area contributed by atoms with E-state index in [4.69, 9.17) is 0 Å². The molecular weight excluding hydrogens is 150 g/mol. The van der Waals surface area contributed by atoms with Gasteiger partial charge in [0.2, 0.25) is 5.91 Å². The van der Waals surface area contributed by atoms with Crippen LogP contribution in [0, 0.1) is 0 Å². The van der Waals surface area contributed by atoms with Crippen molar-refractivity contribution in [2.24, 2.45) is 0 Å². The molecule has 68 valence electrons. The van der Waals surface area contributed by atoms with Crippen LogP contribution in [0.5, 0.6) is 0 Å². The molecule has 0 spiro atoms. The van der Waals surface area contributed by atoms with Crippen molar-refractivity contribution in [2.75, 3.05) is 0 Å². The number of hydrogen-bond acceptors (Lipinski definition) is 1. The van der Waals surface area contributed by atoms with Crippen molar-refractivity contribution in [3.63, 3.8) is 0 Å². The van der Waals surface area contributed by atoms with Gasteiger partial charge in [0.05, 0.1) is 0 Å². The summed E-state index contributed by atoms with van der Waals surface area (Å²) in [5, 5.41) is 3.00. The number of hydrogen-bond donors (Lipinski definition) is 1. The highest BCUT2D eigenvalue weighted by atomic mass is 16.1. The number of rotatable bonds is 1. The minimum Gasteiger partial charge on any atom is -0.351 e. The van der Waals surface area contributed by atoms with E-state index in [1.807, 2.05) is 0 Å². The molecule has 0 aromatic rings. The van der Waals surface area contributed by atoms with Crippen molar-refractivity contribution < 1.29 is 4.79 Å². The summed E-state index contributed by atoms with van der Waals surface area (Å²) < 4.78 is 0. The largest absolute Gasteiger partial charge is 0.351 e. The molecule has 1 aliphatic rings. The van der Waals surface area contributed by atoms with Gasteiger partial charge >= 0.3 is 0 Å². The Bertz CT molecular complexity index is 198. The monoisotopic (exact) mass is 167 g/mol. The lowest BCUT2D eigenvalue weighted by Crippen LogP contribution is -2.46. The van der Waals surface area contributed by atoms with Crippen LogP contribution in [-0.2, 0) is 4.79 Å². The van der Waals surface area contributed by atoms with Crippen LogP contribution in [0.25, 0.3) is 0 Å². The van der Waals surface area contributed by atoms with Gasteiger partial charge in [0.25, 0.3) is 0 Å². The maximum absolute atomic E-state index is 10.9. The first-order chi connectivity index (χ1) is 5.52. The molecule has 0 bridgehead atoms. The van der Waals surface area contributed by atoms with Gasteiger partial charge in [-0.25, -0.2) is 0 Å². The summed E-state index contributed by atoms with van der Waals surface area (Å²) in [6.45, 7) is 7.64. The van der Waals surface area contributed by atoms with Gasteiger partial charge in [0, 0.05) is 12.5 Å². The summed E-state index contributed by atoms with van der Waals surface area (Å²) >= 11 is 0. The summed E-state index contributed by atoms with van der Waals surface area (Å²) in [5.74, 6) is 0.0741. The molecule has 0 radical (unpaired) electrons. The second-order valence-corrected chi connectivity index (χ2v) is 3.99. The molecule has 1 fully saturated rings. The molecule has 0 atom stereocenters. The molecule has 0 aromatic heterocycles. The summed E-state index contributed by atoms with van der Waals surface area (Å²) in [5.41, 5.74) is 1.34. The van der Waals surface area contributed by atoms with Gasteiger partial charge < -0.3 is 5.32 Å². The van der Waals surface area contributed by atoms with E-state index in [0.29, 0.717) is 0 Å². The molecule has 1 rings (SSSR count). The topological polar surface area (TPSA) is 29.1 Å². The first-order valence-corrected chi connectivity index (χ1v) is 4.47. The van der Waals surface area contributed by atoms with E-state index in [0.717, 1.165) is 25.7 Å². The lowest BCUT2D eigenvalue weighted by molar-refractivity contribution is -0.120. The second kappa shape index (κ2) is 3.30. The average Bonchev–Trinajstić information content (AvgIpc) is 1.94. The molecule has 12 heavy (non-hydrogen) atoms. The van der Waals surface area contributed by atoms with Crippen LogP contribution in [0.15, 0.2) is 12.2 Å². The summed E-state index contributed by atoms with van der Waals surface area (Å²) in [6.07, 6.45) is 4.17. The number of amides is 1. The standard InChI is InChI=1S/C10H17NO/c1-8-4-6-10(3,7-5-8)11-9(2)12/h1,4-7H2,2-3H3,(H,11,12). The molecule has 0 aliphatic heterocycles. The van der Waals surface area contributed by atoms with Crippen LogP contribution in [0.1, 0.15) is 39.5 Å². The van der Waals surface area contributed by atoms with Crippen LogP contribution in [0.4, 0.5) is 0 Å². The van der Waals surface area contributed by atoms with Gasteiger partial charge in [-0.15, -0.1) is 0 Å². The Labute approximate surface area is 74.0 Å². The van der Waals surface area contributed by atoms with Crippen molar-refractivity contribution in [1.29, 1.82) is 0 Å². The van der Waals surface area contributed by atoms with Gasteiger partial charge in [0.15, 0.2) is 0 Å². The molecule has 0 unspecified atom stereocenters. The SMILES string of the molecule is C=C1CCC(C)(NC(C)=O)CC1. The highest BCUT2D eigenvalue weighted by molar-refractivity contribution is 5.73. The van der Waals surface area contributed by atoms with Crippen LogP contribution in [0.2, 0.25) is 0 Å². The summed E-state index contributed by atoms with van der Waals surface area (Å²) in [6, 6.07) is 0. The van der Waals surface area contributed by atoms with Crippen molar-refractivity contribution in [2.45, 2.75) is 45.1 Å². The van der Waals surface area contributed by atoms with Crippen LogP contribution >= 0.6 is 0 Å². The van der Waals surface area contributed by atoms with Crippen molar-refractivity contribution in [1.82, 2.24) is 5.32 Å². The van der Waals surface area contributed by atoms with Crippen LogP contribution in [-0.4, -0.2) is 11.4 Å². The third-order valence-corrected chi connectivity index (χ3v) is 2.54. The first-order valence-electron chi connectivity index (χ1n) is 4.47. The van der Waals surface area contributed by atoms with Crippen molar-refractivity contribution in [3.8, 4) is 0 Å². The minimum atomic E-state index is 0.0209. The minimum absolute atomic E-state index is 0.0209. The molecule has 1 saturated carbocycles. The molecule has 0 aromatic carbocycles. The summed E-state index contributed by atoms with van der Waals surface area (Å²) in [4.78, 5) is 10.9. The Morgan fingerprint density at radius 1 is 1.50 bits per heavy atom. The van der Waals surface area contributed by atoms with Gasteiger partial charge in [-0.1, -0.05) is 12.2 Å². The second-order valence-electron chi connectivity index (χ2n) is 3.99. The third-order valence-electron chi connectivity index (χ3n) is 2.54. The fraction of sp³-hybridized carbons (Fsp3) is 0.700. The van der Waals surface area contributed by atoms with E-state index in [9.17, 15) is 4.79 Å². The van der Waals surface area contributed by atoms with E-state index in [1.54, 1.807) is 6.92 Å². The maximum Gasteiger partial charge on any atom is 0.217 e. The Kier molecular flexibility index (Phi) is 2.55. The van der Waals surface area contributed by atoms with Gasteiger partial charge in [-0.3, -0.25) is 4.79 Å². The van der Waals surface area contributed by atoms with E-state index >= 15 is 0 Å². The average molecular weight is 167 g/mol. The molecule has 2 heteroatoms. The molecule has 0 heterocycles. The van der Waals surface area contributed by atoms with Gasteiger partial charge in [-0.2, -0.15) is 0 Å². The molecular formula is C10H17NO. The fourth-order valence-electron chi connectivity index (χ4n) is 1.71. The zero-order valence-electron chi connectivity index (χ0n) is 7.94. The van der Waals surface area contributed by atoms with Gasteiger partial charge in [0.1, 0.15) is 0 Å². The zero-order valence-corrected chi connectivity index (χ0v) is 7.94. The van der Waals surface area contributed by atoms with Crippen LogP contribution < -0.4 is 5.32 Å². The molecule has 2 nitrogen and oxygen atoms in total. The Hall–Kier alpha value is -0.790. The first kappa shape index (κ1) is 9.30. The van der Waals surface area contributed by atoms with E-state index in [1.165, 1.54) is 5.57 Å². The van der Waals surface area contributed by atoms with Crippen molar-refractivity contribution >= 4 is 5.91 Å². The molecule has 1 N–H and O–H groups in total. The maximum atomic E-state index is 10.9. The Balaban J connectivity index is 2.49. The smallest absolute Gasteiger partial charge is 0.217 e. The lowest BCUT2D eigenvalue weighted by Gasteiger charge is -2.35.